The molecular formula is C22H28N4O2. The number of aromatic nitrogens is 2. The molecule has 1 N–H and O–H groups in total. The molecule has 0 aromatic carbocycles. The van der Waals surface area contributed by atoms with Crippen LogP contribution in [0.3, 0.4) is 0 Å². The van der Waals surface area contributed by atoms with Gasteiger partial charge in [-0.1, -0.05) is 25.3 Å². The topological polar surface area (TPSA) is 67.3 Å². The molecule has 2 aliphatic rings. The predicted octanol–water partition coefficient (Wildman–Crippen LogP) is 3.11. The van der Waals surface area contributed by atoms with Crippen molar-refractivity contribution in [2.45, 2.75) is 57.7 Å². The minimum atomic E-state index is 0.0556. The van der Waals surface area contributed by atoms with Crippen LogP contribution in [0.1, 0.15) is 59.4 Å². The van der Waals surface area contributed by atoms with E-state index in [9.17, 15) is 4.79 Å². The molecule has 1 fully saturated rings. The van der Waals surface area contributed by atoms with Gasteiger partial charge in [0.1, 0.15) is 0 Å². The molecule has 2 aromatic rings. The molecule has 6 heteroatoms. The number of methoxy groups -OCH3 is 1. The number of nitrogens with one attached hydrogen (secondary N) is 1. The first-order valence-electron chi connectivity index (χ1n) is 10.2. The predicted molar refractivity (Wildman–Crippen MR) is 107 cm³/mol. The number of fused-ring (bicyclic) bond motifs is 1. The first-order chi connectivity index (χ1) is 13.7. The summed E-state index contributed by atoms with van der Waals surface area (Å²) < 4.78 is 5.52. The van der Waals surface area contributed by atoms with Gasteiger partial charge in [0.15, 0.2) is 0 Å². The molecule has 28 heavy (non-hydrogen) atoms. The average molecular weight is 380 g/mol. The van der Waals surface area contributed by atoms with E-state index < -0.39 is 0 Å². The van der Waals surface area contributed by atoms with Gasteiger partial charge in [0, 0.05) is 43.0 Å². The highest BCUT2D eigenvalue weighted by Gasteiger charge is 2.30. The number of hydrogen-bond donors (Lipinski definition) is 1. The standard InChI is InChI=1S/C22H28N4O2/c1-28-21-16(14-24-17-7-3-2-4-8-17)13-19-20(25-21)15-26(22(19)27)12-10-18-9-5-6-11-23-18/h5-6,9,11,13,17,24H,2-4,7-8,10,12,14-15H2,1H3. The van der Waals surface area contributed by atoms with Gasteiger partial charge in [0.25, 0.3) is 5.91 Å². The van der Waals surface area contributed by atoms with Gasteiger partial charge < -0.3 is 15.0 Å². The molecule has 1 amide bonds. The van der Waals surface area contributed by atoms with Crippen molar-refractivity contribution in [2.75, 3.05) is 13.7 Å². The molecule has 6 nitrogen and oxygen atoms in total. The minimum Gasteiger partial charge on any atom is -0.481 e. The average Bonchev–Trinajstić information content (AvgIpc) is 3.06. The third-order valence-corrected chi connectivity index (χ3v) is 5.74. The van der Waals surface area contributed by atoms with Gasteiger partial charge in [-0.05, 0) is 31.0 Å². The summed E-state index contributed by atoms with van der Waals surface area (Å²) in [5.41, 5.74) is 3.48. The van der Waals surface area contributed by atoms with Gasteiger partial charge in [-0.3, -0.25) is 9.78 Å². The van der Waals surface area contributed by atoms with Crippen LogP contribution in [0.2, 0.25) is 0 Å². The summed E-state index contributed by atoms with van der Waals surface area (Å²) in [6.45, 7) is 1.87. The number of amides is 1. The zero-order valence-corrected chi connectivity index (χ0v) is 16.5. The highest BCUT2D eigenvalue weighted by molar-refractivity contribution is 5.98. The van der Waals surface area contributed by atoms with Crippen LogP contribution in [0.15, 0.2) is 30.5 Å². The van der Waals surface area contributed by atoms with E-state index in [1.54, 1.807) is 13.3 Å². The van der Waals surface area contributed by atoms with Crippen molar-refractivity contribution in [3.05, 3.63) is 53.0 Å². The number of ether oxygens (including phenoxy) is 1. The molecule has 1 aliphatic heterocycles. The molecular weight excluding hydrogens is 352 g/mol. The highest BCUT2D eigenvalue weighted by atomic mass is 16.5. The molecule has 2 aromatic heterocycles. The van der Waals surface area contributed by atoms with Crippen LogP contribution in [0, 0.1) is 0 Å². The van der Waals surface area contributed by atoms with E-state index in [-0.39, 0.29) is 5.91 Å². The molecule has 0 unspecified atom stereocenters. The summed E-state index contributed by atoms with van der Waals surface area (Å²) in [5.74, 6) is 0.682. The van der Waals surface area contributed by atoms with Crippen LogP contribution < -0.4 is 10.1 Å². The van der Waals surface area contributed by atoms with Crippen molar-refractivity contribution in [1.82, 2.24) is 20.2 Å². The van der Waals surface area contributed by atoms with Gasteiger partial charge in [-0.15, -0.1) is 0 Å². The second kappa shape index (κ2) is 8.69. The fourth-order valence-corrected chi connectivity index (χ4v) is 4.14. The third-order valence-electron chi connectivity index (χ3n) is 5.74. The van der Waals surface area contributed by atoms with Crippen molar-refractivity contribution in [2.24, 2.45) is 0 Å². The van der Waals surface area contributed by atoms with E-state index in [4.69, 9.17) is 4.74 Å². The Kier molecular flexibility index (Phi) is 5.86. The van der Waals surface area contributed by atoms with Crippen molar-refractivity contribution in [1.29, 1.82) is 0 Å². The Morgan fingerprint density at radius 3 is 2.86 bits per heavy atom. The Bertz CT molecular complexity index is 819. The van der Waals surface area contributed by atoms with Gasteiger partial charge in [0.05, 0.1) is 24.9 Å². The summed E-state index contributed by atoms with van der Waals surface area (Å²) in [5, 5.41) is 3.62. The van der Waals surface area contributed by atoms with E-state index in [1.807, 2.05) is 29.2 Å². The number of rotatable bonds is 7. The van der Waals surface area contributed by atoms with E-state index in [0.29, 0.717) is 37.1 Å². The Labute approximate surface area is 166 Å². The largest absolute Gasteiger partial charge is 0.481 e. The number of hydrogen-bond acceptors (Lipinski definition) is 5. The van der Waals surface area contributed by atoms with E-state index in [0.717, 1.165) is 23.4 Å². The van der Waals surface area contributed by atoms with Gasteiger partial charge in [-0.2, -0.15) is 0 Å². The molecule has 3 heterocycles. The van der Waals surface area contributed by atoms with E-state index in [2.05, 4.69) is 15.3 Å². The third kappa shape index (κ3) is 4.17. The first kappa shape index (κ1) is 18.9. The van der Waals surface area contributed by atoms with E-state index >= 15 is 0 Å². The Morgan fingerprint density at radius 2 is 2.11 bits per heavy atom. The molecule has 1 aliphatic carbocycles. The fraction of sp³-hybridized carbons (Fsp3) is 0.500. The smallest absolute Gasteiger partial charge is 0.256 e. The molecule has 148 valence electrons. The fourth-order valence-electron chi connectivity index (χ4n) is 4.14. The highest BCUT2D eigenvalue weighted by Crippen LogP contribution is 2.28. The monoisotopic (exact) mass is 380 g/mol. The first-order valence-corrected chi connectivity index (χ1v) is 10.2. The molecule has 0 atom stereocenters. The summed E-state index contributed by atoms with van der Waals surface area (Å²) >= 11 is 0. The maximum absolute atomic E-state index is 12.9. The summed E-state index contributed by atoms with van der Waals surface area (Å²) in [6, 6.07) is 8.39. The summed E-state index contributed by atoms with van der Waals surface area (Å²) in [7, 11) is 1.65. The van der Waals surface area contributed by atoms with Gasteiger partial charge >= 0.3 is 0 Å². The molecule has 0 spiro atoms. The zero-order valence-electron chi connectivity index (χ0n) is 16.5. The van der Waals surface area contributed by atoms with Crippen LogP contribution in [0.25, 0.3) is 0 Å². The summed E-state index contributed by atoms with van der Waals surface area (Å²) in [6.07, 6.45) is 8.90. The Morgan fingerprint density at radius 1 is 1.25 bits per heavy atom. The van der Waals surface area contributed by atoms with Crippen molar-refractivity contribution in [3.8, 4) is 5.88 Å². The molecule has 0 bridgehead atoms. The lowest BCUT2D eigenvalue weighted by Crippen LogP contribution is -2.30. The van der Waals surface area contributed by atoms with Crippen LogP contribution in [0.4, 0.5) is 0 Å². The number of pyridine rings is 2. The Balaban J connectivity index is 1.43. The van der Waals surface area contributed by atoms with E-state index in [1.165, 1.54) is 32.1 Å². The molecule has 0 radical (unpaired) electrons. The molecule has 1 saturated carbocycles. The molecule has 0 saturated heterocycles. The lowest BCUT2D eigenvalue weighted by atomic mass is 9.95. The van der Waals surface area contributed by atoms with Gasteiger partial charge in [0.2, 0.25) is 5.88 Å². The second-order valence-electron chi connectivity index (χ2n) is 7.66. The minimum absolute atomic E-state index is 0.0556. The SMILES string of the molecule is COc1nc2c(cc1CNC1CCCCC1)C(=O)N(CCc1ccccn1)C2. The summed E-state index contributed by atoms with van der Waals surface area (Å²) in [4.78, 5) is 23.7. The maximum atomic E-state index is 12.9. The van der Waals surface area contributed by atoms with Gasteiger partial charge in [-0.25, -0.2) is 4.98 Å². The van der Waals surface area contributed by atoms with Crippen LogP contribution >= 0.6 is 0 Å². The Hall–Kier alpha value is -2.47. The molecule has 4 rings (SSSR count). The number of carbonyl (C=O) groups excluding carboxylic acids is 1. The quantitative estimate of drug-likeness (QED) is 0.799. The van der Waals surface area contributed by atoms with Crippen molar-refractivity contribution >= 4 is 5.91 Å². The maximum Gasteiger partial charge on any atom is 0.256 e. The van der Waals surface area contributed by atoms with Crippen LogP contribution in [0.5, 0.6) is 5.88 Å². The van der Waals surface area contributed by atoms with Crippen LogP contribution in [-0.4, -0.2) is 40.5 Å². The number of nitrogens with zero attached hydrogens (tertiary/aromatic N) is 3. The normalized spacial score (nSPS) is 17.0. The van der Waals surface area contributed by atoms with Crippen molar-refractivity contribution < 1.29 is 9.53 Å². The zero-order chi connectivity index (χ0) is 19.3. The lowest BCUT2D eigenvalue weighted by Gasteiger charge is -2.23. The lowest BCUT2D eigenvalue weighted by molar-refractivity contribution is 0.0779. The van der Waals surface area contributed by atoms with Crippen molar-refractivity contribution in [3.63, 3.8) is 0 Å². The number of carbonyl (C=O) groups is 1. The van der Waals surface area contributed by atoms with Crippen LogP contribution in [-0.2, 0) is 19.5 Å². The second-order valence-corrected chi connectivity index (χ2v) is 7.66.